The van der Waals surface area contributed by atoms with Crippen molar-refractivity contribution >= 4 is 34.4 Å². The maximum absolute atomic E-state index is 13.0. The number of anilines is 2. The molecule has 124 valence electrons. The average Bonchev–Trinajstić information content (AvgIpc) is 2.94. The third kappa shape index (κ3) is 3.01. The number of rotatable bonds is 3. The van der Waals surface area contributed by atoms with Crippen molar-refractivity contribution in [2.75, 3.05) is 5.32 Å². The predicted octanol–water partition coefficient (Wildman–Crippen LogP) is 3.96. The lowest BCUT2D eigenvalue weighted by Crippen LogP contribution is -1.99. The van der Waals surface area contributed by atoms with Crippen LogP contribution in [0.4, 0.5) is 16.0 Å². The fraction of sp³-hybridized carbons (Fsp3) is 0.0588. The fourth-order valence-electron chi connectivity index (χ4n) is 2.50. The van der Waals surface area contributed by atoms with Crippen molar-refractivity contribution in [3.63, 3.8) is 0 Å². The highest BCUT2D eigenvalue weighted by atomic mass is 35.5. The number of pyridine rings is 1. The van der Waals surface area contributed by atoms with E-state index in [0.717, 1.165) is 5.56 Å². The highest BCUT2D eigenvalue weighted by Crippen LogP contribution is 2.24. The van der Waals surface area contributed by atoms with E-state index >= 15 is 0 Å². The van der Waals surface area contributed by atoms with Crippen LogP contribution in [0.5, 0.6) is 0 Å². The van der Waals surface area contributed by atoms with Crippen molar-refractivity contribution in [3.05, 3.63) is 59.8 Å². The first-order chi connectivity index (χ1) is 12.1. The van der Waals surface area contributed by atoms with Gasteiger partial charge in [0, 0.05) is 24.5 Å². The van der Waals surface area contributed by atoms with Crippen LogP contribution < -0.4 is 5.32 Å². The second-order valence-electron chi connectivity index (χ2n) is 5.40. The SMILES string of the molecule is Cn1c(-c2ccnc(Cl)c2)nc2cnc(Nc3ccc(F)cc3)nc21. The summed E-state index contributed by atoms with van der Waals surface area (Å²) in [6.45, 7) is 0. The molecule has 6 nitrogen and oxygen atoms in total. The van der Waals surface area contributed by atoms with E-state index in [2.05, 4.69) is 25.3 Å². The maximum Gasteiger partial charge on any atom is 0.229 e. The van der Waals surface area contributed by atoms with Gasteiger partial charge >= 0.3 is 0 Å². The number of nitrogens with zero attached hydrogens (tertiary/aromatic N) is 5. The summed E-state index contributed by atoms with van der Waals surface area (Å²) in [6, 6.07) is 9.56. The largest absolute Gasteiger partial charge is 0.324 e. The lowest BCUT2D eigenvalue weighted by atomic mass is 10.2. The van der Waals surface area contributed by atoms with Gasteiger partial charge in [0.1, 0.15) is 22.3 Å². The summed E-state index contributed by atoms with van der Waals surface area (Å²) in [7, 11) is 1.87. The molecule has 4 aromatic rings. The first kappa shape index (κ1) is 15.5. The molecule has 0 fully saturated rings. The van der Waals surface area contributed by atoms with E-state index in [1.807, 2.05) is 17.7 Å². The zero-order valence-corrected chi connectivity index (χ0v) is 13.9. The number of benzene rings is 1. The number of nitrogens with one attached hydrogen (secondary N) is 1. The Labute approximate surface area is 147 Å². The van der Waals surface area contributed by atoms with Gasteiger partial charge in [0.15, 0.2) is 5.65 Å². The molecule has 0 aliphatic heterocycles. The quantitative estimate of drug-likeness (QED) is 0.564. The van der Waals surface area contributed by atoms with Gasteiger partial charge in [-0.2, -0.15) is 4.98 Å². The second kappa shape index (κ2) is 6.10. The van der Waals surface area contributed by atoms with Crippen molar-refractivity contribution < 1.29 is 4.39 Å². The van der Waals surface area contributed by atoms with Gasteiger partial charge in [0.25, 0.3) is 0 Å². The van der Waals surface area contributed by atoms with E-state index in [9.17, 15) is 4.39 Å². The van der Waals surface area contributed by atoms with E-state index in [1.165, 1.54) is 12.1 Å². The van der Waals surface area contributed by atoms with Crippen LogP contribution in [0.1, 0.15) is 0 Å². The Morgan fingerprint density at radius 2 is 1.88 bits per heavy atom. The van der Waals surface area contributed by atoms with Crippen molar-refractivity contribution in [1.82, 2.24) is 24.5 Å². The van der Waals surface area contributed by atoms with Gasteiger partial charge in [-0.1, -0.05) is 11.6 Å². The van der Waals surface area contributed by atoms with E-state index < -0.39 is 0 Å². The lowest BCUT2D eigenvalue weighted by Gasteiger charge is -2.05. The molecule has 0 atom stereocenters. The van der Waals surface area contributed by atoms with Crippen molar-refractivity contribution in [1.29, 1.82) is 0 Å². The van der Waals surface area contributed by atoms with E-state index in [0.29, 0.717) is 33.8 Å². The van der Waals surface area contributed by atoms with Crippen LogP contribution in [0.25, 0.3) is 22.6 Å². The van der Waals surface area contributed by atoms with Crippen LogP contribution >= 0.6 is 11.6 Å². The van der Waals surface area contributed by atoms with Crippen LogP contribution in [-0.2, 0) is 7.05 Å². The molecular weight excluding hydrogens is 343 g/mol. The molecule has 8 heteroatoms. The molecule has 0 radical (unpaired) electrons. The molecule has 1 N–H and O–H groups in total. The van der Waals surface area contributed by atoms with Crippen LogP contribution in [0.2, 0.25) is 5.15 Å². The van der Waals surface area contributed by atoms with Gasteiger partial charge in [0.05, 0.1) is 6.20 Å². The Morgan fingerprint density at radius 1 is 1.08 bits per heavy atom. The van der Waals surface area contributed by atoms with Crippen LogP contribution in [-0.4, -0.2) is 24.5 Å². The number of hydrogen-bond donors (Lipinski definition) is 1. The van der Waals surface area contributed by atoms with E-state index in [1.54, 1.807) is 30.6 Å². The number of fused-ring (bicyclic) bond motifs is 1. The first-order valence-corrected chi connectivity index (χ1v) is 7.82. The molecule has 0 unspecified atom stereocenters. The minimum absolute atomic E-state index is 0.297. The Balaban J connectivity index is 1.73. The molecule has 0 aliphatic carbocycles. The Kier molecular flexibility index (Phi) is 3.77. The summed E-state index contributed by atoms with van der Waals surface area (Å²) in [5.41, 5.74) is 2.87. The van der Waals surface area contributed by atoms with E-state index in [-0.39, 0.29) is 5.82 Å². The fourth-order valence-corrected chi connectivity index (χ4v) is 2.68. The first-order valence-electron chi connectivity index (χ1n) is 7.44. The molecule has 1 aromatic carbocycles. The zero-order valence-electron chi connectivity index (χ0n) is 13.1. The van der Waals surface area contributed by atoms with Crippen LogP contribution in [0.3, 0.4) is 0 Å². The summed E-state index contributed by atoms with van der Waals surface area (Å²) in [5, 5.41) is 3.45. The van der Waals surface area contributed by atoms with Gasteiger partial charge in [-0.3, -0.25) is 0 Å². The molecule has 3 heterocycles. The molecule has 0 amide bonds. The molecule has 0 aliphatic rings. The Bertz CT molecular complexity index is 1060. The molecule has 0 saturated heterocycles. The summed E-state index contributed by atoms with van der Waals surface area (Å²) < 4.78 is 14.9. The van der Waals surface area contributed by atoms with E-state index in [4.69, 9.17) is 11.6 Å². The van der Waals surface area contributed by atoms with Crippen molar-refractivity contribution in [3.8, 4) is 11.4 Å². The topological polar surface area (TPSA) is 68.5 Å². The summed E-state index contributed by atoms with van der Waals surface area (Å²) in [5.74, 6) is 0.822. The highest BCUT2D eigenvalue weighted by molar-refractivity contribution is 6.29. The monoisotopic (exact) mass is 354 g/mol. The van der Waals surface area contributed by atoms with Gasteiger partial charge in [0.2, 0.25) is 5.95 Å². The van der Waals surface area contributed by atoms with Crippen LogP contribution in [0.15, 0.2) is 48.8 Å². The molecule has 3 aromatic heterocycles. The number of imidazole rings is 1. The normalized spacial score (nSPS) is 11.0. The third-order valence-corrected chi connectivity index (χ3v) is 3.90. The van der Waals surface area contributed by atoms with Gasteiger partial charge in [-0.15, -0.1) is 0 Å². The standard InChI is InChI=1S/C17H12ClFN6/c1-25-15(10-6-7-20-14(18)8-10)23-13-9-21-17(24-16(13)25)22-12-4-2-11(19)3-5-12/h2-9H,1H3,(H,21,22,24). The average molecular weight is 355 g/mol. The number of aryl methyl sites for hydroxylation is 1. The van der Waals surface area contributed by atoms with Gasteiger partial charge in [-0.25, -0.2) is 19.3 Å². The summed E-state index contributed by atoms with van der Waals surface area (Å²) in [6.07, 6.45) is 3.27. The molecule has 0 saturated carbocycles. The number of aromatic nitrogens is 5. The Hall–Kier alpha value is -3.06. The van der Waals surface area contributed by atoms with Crippen LogP contribution in [0, 0.1) is 5.82 Å². The smallest absolute Gasteiger partial charge is 0.229 e. The molecular formula is C17H12ClFN6. The summed E-state index contributed by atoms with van der Waals surface area (Å²) >= 11 is 5.96. The molecule has 25 heavy (non-hydrogen) atoms. The van der Waals surface area contributed by atoms with Gasteiger partial charge < -0.3 is 9.88 Å². The highest BCUT2D eigenvalue weighted by Gasteiger charge is 2.13. The molecule has 0 spiro atoms. The minimum Gasteiger partial charge on any atom is -0.324 e. The predicted molar refractivity (Wildman–Crippen MR) is 94.2 cm³/mol. The van der Waals surface area contributed by atoms with Crippen molar-refractivity contribution in [2.45, 2.75) is 0 Å². The maximum atomic E-state index is 13.0. The molecule has 4 rings (SSSR count). The molecule has 0 bridgehead atoms. The van der Waals surface area contributed by atoms with Gasteiger partial charge in [-0.05, 0) is 36.4 Å². The lowest BCUT2D eigenvalue weighted by molar-refractivity contribution is 0.628. The van der Waals surface area contributed by atoms with Crippen molar-refractivity contribution in [2.24, 2.45) is 7.05 Å². The Morgan fingerprint density at radius 3 is 2.64 bits per heavy atom. The second-order valence-corrected chi connectivity index (χ2v) is 5.78. The number of hydrogen-bond acceptors (Lipinski definition) is 5. The zero-order chi connectivity index (χ0) is 17.4. The minimum atomic E-state index is -0.297. The summed E-state index contributed by atoms with van der Waals surface area (Å²) in [4.78, 5) is 17.3. The number of halogens is 2. The third-order valence-electron chi connectivity index (χ3n) is 3.70.